The number of nitrogens with zero attached hydrogens (tertiary/aromatic N) is 1. The van der Waals surface area contributed by atoms with Gasteiger partial charge in [-0.25, -0.2) is 0 Å². The van der Waals surface area contributed by atoms with Gasteiger partial charge in [0, 0.05) is 0 Å². The van der Waals surface area contributed by atoms with Gasteiger partial charge in [-0.2, -0.15) is 0 Å². The van der Waals surface area contributed by atoms with Crippen LogP contribution < -0.4 is 8.92 Å². The van der Waals surface area contributed by atoms with E-state index in [9.17, 15) is 4.79 Å². The van der Waals surface area contributed by atoms with Gasteiger partial charge < -0.3 is 0 Å². The van der Waals surface area contributed by atoms with Crippen LogP contribution in [0.2, 0.25) is 0 Å². The Bertz CT molecular complexity index is 1400. The molecule has 5 aromatic rings. The number of rotatable bonds is 3. The number of benzene rings is 4. The van der Waals surface area contributed by atoms with E-state index in [1.54, 1.807) is 6.92 Å². The van der Waals surface area contributed by atoms with Gasteiger partial charge >= 0.3 is 182 Å². The number of carbonyl (C=O) groups excluding carboxylic acids is 1. The number of aromatic nitrogens is 1. The summed E-state index contributed by atoms with van der Waals surface area (Å²) in [6, 6.07) is 31.8. The average Bonchev–Trinajstić information content (AvgIpc) is 3.07. The third-order valence-electron chi connectivity index (χ3n) is 5.38. The standard InChI is InChI=1S/C27H21NOSe/c1-18-12-15-25-24(16-18)27(30-23-10-4-3-5-11-23)26(28(25)19(2)29)22-14-13-20-8-6-7-9-21(20)17-22/h3-17H,1-2H3. The van der Waals surface area contributed by atoms with Gasteiger partial charge in [-0.3, -0.25) is 0 Å². The molecule has 5 rings (SSSR count). The quantitative estimate of drug-likeness (QED) is 0.349. The van der Waals surface area contributed by atoms with Crippen molar-refractivity contribution in [3.05, 3.63) is 96.6 Å². The zero-order valence-corrected chi connectivity index (χ0v) is 18.6. The first kappa shape index (κ1) is 18.9. The summed E-state index contributed by atoms with van der Waals surface area (Å²) in [4.78, 5) is 12.8. The molecule has 0 saturated heterocycles. The van der Waals surface area contributed by atoms with Crippen LogP contribution in [-0.4, -0.2) is 25.4 Å². The summed E-state index contributed by atoms with van der Waals surface area (Å²) in [5.74, 6) is 0.0436. The summed E-state index contributed by atoms with van der Waals surface area (Å²) in [7, 11) is 0. The van der Waals surface area contributed by atoms with Crippen molar-refractivity contribution in [3.63, 3.8) is 0 Å². The molecule has 0 aliphatic rings. The maximum absolute atomic E-state index is 12.8. The van der Waals surface area contributed by atoms with Gasteiger partial charge in [0.05, 0.1) is 0 Å². The van der Waals surface area contributed by atoms with Crippen LogP contribution in [0.1, 0.15) is 17.3 Å². The Morgan fingerprint density at radius 1 is 0.800 bits per heavy atom. The van der Waals surface area contributed by atoms with E-state index < -0.39 is 0 Å². The predicted octanol–water partition coefficient (Wildman–Crippen LogP) is 5.09. The van der Waals surface area contributed by atoms with Gasteiger partial charge in [-0.1, -0.05) is 0 Å². The van der Waals surface area contributed by atoms with Crippen LogP contribution >= 0.6 is 0 Å². The van der Waals surface area contributed by atoms with Crippen molar-refractivity contribution < 1.29 is 4.79 Å². The molecular weight excluding hydrogens is 433 g/mol. The molecule has 0 unspecified atom stereocenters. The Hall–Kier alpha value is -3.13. The minimum absolute atomic E-state index is 0.0436. The van der Waals surface area contributed by atoms with Crippen LogP contribution in [0, 0.1) is 6.92 Å². The van der Waals surface area contributed by atoms with E-state index in [1.807, 2.05) is 10.6 Å². The Morgan fingerprint density at radius 2 is 1.53 bits per heavy atom. The first-order valence-electron chi connectivity index (χ1n) is 10.00. The van der Waals surface area contributed by atoms with E-state index in [0.29, 0.717) is 0 Å². The molecular formula is C27H21NOSe. The van der Waals surface area contributed by atoms with Crippen LogP contribution in [0.15, 0.2) is 91.0 Å². The third kappa shape index (κ3) is 3.27. The van der Waals surface area contributed by atoms with Crippen molar-refractivity contribution in [1.82, 2.24) is 4.57 Å². The van der Waals surface area contributed by atoms with Crippen molar-refractivity contribution in [2.75, 3.05) is 0 Å². The van der Waals surface area contributed by atoms with E-state index in [0.717, 1.165) is 16.8 Å². The molecule has 0 atom stereocenters. The summed E-state index contributed by atoms with van der Waals surface area (Å²) >= 11 is 0.0784. The van der Waals surface area contributed by atoms with Gasteiger partial charge in [0.15, 0.2) is 0 Å². The second kappa shape index (κ2) is 7.60. The van der Waals surface area contributed by atoms with Crippen LogP contribution in [0.3, 0.4) is 0 Å². The fourth-order valence-electron chi connectivity index (χ4n) is 4.01. The molecule has 2 nitrogen and oxygen atoms in total. The molecule has 0 amide bonds. The molecule has 3 heteroatoms. The Morgan fingerprint density at radius 3 is 2.30 bits per heavy atom. The number of aryl methyl sites for hydroxylation is 1. The van der Waals surface area contributed by atoms with Crippen LogP contribution in [0.25, 0.3) is 32.9 Å². The van der Waals surface area contributed by atoms with Crippen LogP contribution in [-0.2, 0) is 0 Å². The van der Waals surface area contributed by atoms with Gasteiger partial charge in [-0.15, -0.1) is 0 Å². The number of carbonyl (C=O) groups is 1. The van der Waals surface area contributed by atoms with Crippen LogP contribution in [0.5, 0.6) is 0 Å². The fourth-order valence-corrected chi connectivity index (χ4v) is 6.33. The molecule has 0 radical (unpaired) electrons. The second-order valence-corrected chi connectivity index (χ2v) is 9.80. The zero-order valence-electron chi connectivity index (χ0n) is 16.9. The van der Waals surface area contributed by atoms with Crippen molar-refractivity contribution in [1.29, 1.82) is 0 Å². The van der Waals surface area contributed by atoms with Gasteiger partial charge in [0.1, 0.15) is 0 Å². The Balaban J connectivity index is 1.85. The van der Waals surface area contributed by atoms with E-state index in [2.05, 4.69) is 91.9 Å². The van der Waals surface area contributed by atoms with Gasteiger partial charge in [0.2, 0.25) is 0 Å². The molecule has 0 aliphatic heterocycles. The topological polar surface area (TPSA) is 22.0 Å². The minimum atomic E-state index is 0.0436. The third-order valence-corrected chi connectivity index (χ3v) is 7.74. The van der Waals surface area contributed by atoms with Gasteiger partial charge in [-0.05, 0) is 0 Å². The number of fused-ring (bicyclic) bond motifs is 2. The molecule has 0 N–H and O–H groups in total. The Kier molecular flexibility index (Phi) is 4.78. The normalized spacial score (nSPS) is 11.3. The molecule has 0 bridgehead atoms. The van der Waals surface area contributed by atoms with E-state index in [-0.39, 0.29) is 20.9 Å². The SMILES string of the molecule is CC(=O)n1c(-c2ccc3ccccc3c2)c([Se]c2ccccc2)c2cc(C)ccc21. The molecule has 30 heavy (non-hydrogen) atoms. The zero-order chi connectivity index (χ0) is 20.7. The molecule has 0 fully saturated rings. The molecule has 0 aliphatic carbocycles. The summed E-state index contributed by atoms with van der Waals surface area (Å²) in [6.45, 7) is 3.77. The summed E-state index contributed by atoms with van der Waals surface area (Å²) in [5, 5.41) is 3.57. The van der Waals surface area contributed by atoms with Crippen molar-refractivity contribution >= 4 is 51.5 Å². The fraction of sp³-hybridized carbons (Fsp3) is 0.0741. The van der Waals surface area contributed by atoms with Gasteiger partial charge in [0.25, 0.3) is 0 Å². The number of hydrogen-bond donors (Lipinski definition) is 0. The Labute approximate surface area is 182 Å². The van der Waals surface area contributed by atoms with E-state index >= 15 is 0 Å². The van der Waals surface area contributed by atoms with Crippen LogP contribution in [0.4, 0.5) is 0 Å². The number of hydrogen-bond acceptors (Lipinski definition) is 1. The van der Waals surface area contributed by atoms with E-state index in [1.165, 1.54) is 30.6 Å². The molecule has 4 aromatic carbocycles. The van der Waals surface area contributed by atoms with Crippen molar-refractivity contribution in [2.24, 2.45) is 0 Å². The maximum atomic E-state index is 12.8. The van der Waals surface area contributed by atoms with Crippen molar-refractivity contribution in [3.8, 4) is 11.3 Å². The van der Waals surface area contributed by atoms with Crippen molar-refractivity contribution in [2.45, 2.75) is 13.8 Å². The van der Waals surface area contributed by atoms with E-state index in [4.69, 9.17) is 0 Å². The summed E-state index contributed by atoms with van der Waals surface area (Å²) in [6.07, 6.45) is 0. The monoisotopic (exact) mass is 455 g/mol. The summed E-state index contributed by atoms with van der Waals surface area (Å²) < 4.78 is 4.47. The second-order valence-electron chi connectivity index (χ2n) is 7.53. The first-order chi connectivity index (χ1) is 14.6. The first-order valence-corrected chi connectivity index (χ1v) is 11.7. The molecule has 146 valence electrons. The molecule has 0 spiro atoms. The molecule has 1 aromatic heterocycles. The summed E-state index contributed by atoms with van der Waals surface area (Å²) in [5.41, 5.74) is 4.31. The molecule has 0 saturated carbocycles. The molecule has 1 heterocycles. The predicted molar refractivity (Wildman–Crippen MR) is 127 cm³/mol. The average molecular weight is 454 g/mol.